The number of nitrogens with one attached hydrogen (secondary N) is 1. The lowest BCUT2D eigenvalue weighted by Gasteiger charge is -2.35. The fraction of sp³-hybridized carbons (Fsp3) is 0.538. The first kappa shape index (κ1) is 14.8. The van der Waals surface area contributed by atoms with Gasteiger partial charge in [0.15, 0.2) is 0 Å². The van der Waals surface area contributed by atoms with Gasteiger partial charge < -0.3 is 10.2 Å². The first-order valence-corrected chi connectivity index (χ1v) is 6.33. The molecule has 0 spiro atoms. The molecule has 1 aromatic rings. The molecule has 0 aliphatic carbocycles. The second kappa shape index (κ2) is 5.57. The number of anilines is 1. The van der Waals surface area contributed by atoms with Crippen LogP contribution in [0.5, 0.6) is 0 Å². The van der Waals surface area contributed by atoms with Crippen molar-refractivity contribution in [2.24, 2.45) is 0 Å². The first-order valence-electron chi connectivity index (χ1n) is 5.95. The van der Waals surface area contributed by atoms with E-state index in [4.69, 9.17) is 11.6 Å². The van der Waals surface area contributed by atoms with Gasteiger partial charge in [0.1, 0.15) is 11.0 Å². The lowest BCUT2D eigenvalue weighted by Crippen LogP contribution is -2.44. The highest BCUT2D eigenvalue weighted by Gasteiger charge is 2.26. The van der Waals surface area contributed by atoms with Crippen LogP contribution in [0.4, 0.5) is 5.82 Å². The molecule has 1 N–H and O–H groups in total. The highest BCUT2D eigenvalue weighted by atomic mass is 35.5. The van der Waals surface area contributed by atoms with Crippen molar-refractivity contribution in [3.8, 4) is 0 Å². The van der Waals surface area contributed by atoms with E-state index >= 15 is 0 Å². The van der Waals surface area contributed by atoms with Crippen molar-refractivity contribution >= 4 is 23.3 Å². The summed E-state index contributed by atoms with van der Waals surface area (Å²) < 4.78 is 0. The number of carbonyl (C=O) groups excluding carboxylic acids is 1. The third-order valence-corrected chi connectivity index (χ3v) is 3.57. The van der Waals surface area contributed by atoms with Crippen molar-refractivity contribution in [2.45, 2.75) is 32.7 Å². The summed E-state index contributed by atoms with van der Waals surface area (Å²) in [6.07, 6.45) is 0.882. The summed E-state index contributed by atoms with van der Waals surface area (Å²) in [5, 5.41) is 3.20. The largest absolute Gasteiger partial charge is 0.373 e. The molecule has 0 aromatic carbocycles. The molecule has 0 unspecified atom stereocenters. The van der Waals surface area contributed by atoms with Crippen molar-refractivity contribution in [1.29, 1.82) is 0 Å². The van der Waals surface area contributed by atoms with Crippen molar-refractivity contribution in [1.82, 2.24) is 9.88 Å². The lowest BCUT2D eigenvalue weighted by molar-refractivity contribution is 0.0620. The third-order valence-electron chi connectivity index (χ3n) is 3.38. The minimum atomic E-state index is -0.188. The fourth-order valence-electron chi connectivity index (χ4n) is 1.45. The molecule has 0 atom stereocenters. The lowest BCUT2D eigenvalue weighted by atomic mass is 9.99. The topological polar surface area (TPSA) is 45.2 Å². The summed E-state index contributed by atoms with van der Waals surface area (Å²) in [6.45, 7) is 6.13. The van der Waals surface area contributed by atoms with Crippen LogP contribution >= 0.6 is 11.6 Å². The molecule has 0 saturated carbocycles. The van der Waals surface area contributed by atoms with E-state index < -0.39 is 0 Å². The maximum absolute atomic E-state index is 12.4. The van der Waals surface area contributed by atoms with Crippen molar-refractivity contribution < 1.29 is 4.79 Å². The number of hydrogen-bond donors (Lipinski definition) is 1. The van der Waals surface area contributed by atoms with E-state index in [1.165, 1.54) is 0 Å². The number of nitrogens with zero attached hydrogens (tertiary/aromatic N) is 2. The van der Waals surface area contributed by atoms with Gasteiger partial charge in [0.2, 0.25) is 0 Å². The summed E-state index contributed by atoms with van der Waals surface area (Å²) in [5.41, 5.74) is 0.357. The van der Waals surface area contributed by atoms with Crippen LogP contribution in [0.2, 0.25) is 5.15 Å². The molecule has 4 nitrogen and oxygen atoms in total. The van der Waals surface area contributed by atoms with E-state index in [2.05, 4.69) is 17.2 Å². The highest BCUT2D eigenvalue weighted by Crippen LogP contribution is 2.21. The molecule has 0 saturated heterocycles. The number of hydrogen-bond acceptors (Lipinski definition) is 3. The molecule has 100 valence electrons. The van der Waals surface area contributed by atoms with E-state index in [9.17, 15) is 4.79 Å². The van der Waals surface area contributed by atoms with Crippen molar-refractivity contribution in [3.05, 3.63) is 22.8 Å². The van der Waals surface area contributed by atoms with Gasteiger partial charge in [0.05, 0.1) is 0 Å². The predicted octanol–water partition coefficient (Wildman–Crippen LogP) is 3.04. The van der Waals surface area contributed by atoms with Crippen molar-refractivity contribution in [3.63, 3.8) is 0 Å². The summed E-state index contributed by atoms with van der Waals surface area (Å²) >= 11 is 5.90. The second-order valence-electron chi connectivity index (χ2n) is 4.84. The van der Waals surface area contributed by atoms with Crippen LogP contribution in [0.15, 0.2) is 12.1 Å². The van der Waals surface area contributed by atoms with E-state index in [1.54, 1.807) is 31.1 Å². The van der Waals surface area contributed by atoms with Crippen LogP contribution in [-0.4, -0.2) is 35.4 Å². The number of aromatic nitrogens is 1. The zero-order chi connectivity index (χ0) is 13.9. The Morgan fingerprint density at radius 2 is 2.11 bits per heavy atom. The molecule has 1 aromatic heterocycles. The van der Waals surface area contributed by atoms with Gasteiger partial charge in [0.25, 0.3) is 5.91 Å². The Bertz CT molecular complexity index is 446. The molecule has 0 fully saturated rings. The molecule has 1 heterocycles. The quantitative estimate of drug-likeness (QED) is 0.855. The molecular weight excluding hydrogens is 250 g/mol. The van der Waals surface area contributed by atoms with Crippen LogP contribution in [0.3, 0.4) is 0 Å². The second-order valence-corrected chi connectivity index (χ2v) is 5.23. The Hall–Kier alpha value is -1.29. The Labute approximate surface area is 113 Å². The summed E-state index contributed by atoms with van der Waals surface area (Å²) in [5.74, 6) is 0.538. The minimum Gasteiger partial charge on any atom is -0.373 e. The molecule has 1 amide bonds. The van der Waals surface area contributed by atoms with E-state index in [1.807, 2.05) is 13.8 Å². The number of rotatable bonds is 4. The Morgan fingerprint density at radius 1 is 1.50 bits per heavy atom. The maximum atomic E-state index is 12.4. The number of carbonyl (C=O) groups is 1. The van der Waals surface area contributed by atoms with Crippen molar-refractivity contribution in [2.75, 3.05) is 19.4 Å². The van der Waals surface area contributed by atoms with E-state index in [-0.39, 0.29) is 11.4 Å². The molecular formula is C13H20ClN3O. The highest BCUT2D eigenvalue weighted by molar-refractivity contribution is 6.29. The zero-order valence-corrected chi connectivity index (χ0v) is 12.3. The monoisotopic (exact) mass is 269 g/mol. The van der Waals surface area contributed by atoms with Crippen LogP contribution < -0.4 is 5.32 Å². The molecule has 5 heteroatoms. The standard InChI is InChI=1S/C13H20ClN3O/c1-6-13(2,3)17(5)12(18)9-7-10(14)16-11(8-9)15-4/h7-8H,6H2,1-5H3,(H,15,16). The molecule has 0 aliphatic heterocycles. The summed E-state index contributed by atoms with van der Waals surface area (Å²) in [6, 6.07) is 3.30. The fourth-order valence-corrected chi connectivity index (χ4v) is 1.66. The number of halogens is 1. The normalized spacial score (nSPS) is 11.2. The van der Waals surface area contributed by atoms with Gasteiger partial charge in [-0.25, -0.2) is 4.98 Å². The average Bonchev–Trinajstić information content (AvgIpc) is 2.36. The maximum Gasteiger partial charge on any atom is 0.254 e. The van der Waals surface area contributed by atoms with Crippen LogP contribution in [0.25, 0.3) is 0 Å². The number of amides is 1. The third kappa shape index (κ3) is 3.13. The molecule has 1 rings (SSSR count). The smallest absolute Gasteiger partial charge is 0.254 e. The van der Waals surface area contributed by atoms with Gasteiger partial charge in [-0.2, -0.15) is 0 Å². The van der Waals surface area contributed by atoms with E-state index in [0.29, 0.717) is 16.5 Å². The minimum absolute atomic E-state index is 0.0531. The molecule has 0 bridgehead atoms. The molecule has 18 heavy (non-hydrogen) atoms. The Morgan fingerprint density at radius 3 is 2.61 bits per heavy atom. The van der Waals surface area contributed by atoms with Crippen LogP contribution in [0, 0.1) is 0 Å². The zero-order valence-electron chi connectivity index (χ0n) is 11.5. The Balaban J connectivity index is 3.07. The van der Waals surface area contributed by atoms with Gasteiger partial charge in [-0.1, -0.05) is 18.5 Å². The number of pyridine rings is 1. The average molecular weight is 270 g/mol. The Kier molecular flexibility index (Phi) is 4.57. The van der Waals surface area contributed by atoms with Gasteiger partial charge in [-0.05, 0) is 32.4 Å². The van der Waals surface area contributed by atoms with Gasteiger partial charge in [-0.3, -0.25) is 4.79 Å². The molecule has 0 aliphatic rings. The first-order chi connectivity index (χ1) is 8.31. The van der Waals surface area contributed by atoms with Crippen LogP contribution in [0.1, 0.15) is 37.6 Å². The molecule has 0 radical (unpaired) electrons. The van der Waals surface area contributed by atoms with E-state index in [0.717, 1.165) is 6.42 Å². The van der Waals surface area contributed by atoms with Gasteiger partial charge in [0, 0.05) is 25.2 Å². The van der Waals surface area contributed by atoms with Gasteiger partial charge >= 0.3 is 0 Å². The SMILES string of the molecule is CCC(C)(C)N(C)C(=O)c1cc(Cl)nc(NC)c1. The van der Waals surface area contributed by atoms with Gasteiger partial charge in [-0.15, -0.1) is 0 Å². The van der Waals surface area contributed by atoms with Crippen LogP contribution in [-0.2, 0) is 0 Å². The summed E-state index contributed by atoms with van der Waals surface area (Å²) in [4.78, 5) is 18.2. The summed E-state index contributed by atoms with van der Waals surface area (Å²) in [7, 11) is 3.55. The predicted molar refractivity (Wildman–Crippen MR) is 75.3 cm³/mol.